The molecule has 2 rings (SSSR count). The van der Waals surface area contributed by atoms with E-state index in [0.29, 0.717) is 12.8 Å². The van der Waals surface area contributed by atoms with Crippen molar-refractivity contribution in [2.45, 2.75) is 248 Å². The number of carbonyl (C=O) groups excluding carboxylic acids is 2. The first-order valence-corrected chi connectivity index (χ1v) is 24.9. The van der Waals surface area contributed by atoms with Gasteiger partial charge in [0.1, 0.15) is 55.4 Å². The van der Waals surface area contributed by atoms with Crippen molar-refractivity contribution in [3.05, 3.63) is 24.3 Å². The van der Waals surface area contributed by atoms with Gasteiger partial charge in [-0.2, -0.15) is 0 Å². The van der Waals surface area contributed by atoms with Crippen molar-refractivity contribution in [3.63, 3.8) is 0 Å². The molecule has 0 aromatic rings. The molecule has 7 N–H and O–H groups in total. The van der Waals surface area contributed by atoms with Crippen LogP contribution in [0.25, 0.3) is 0 Å². The molecule has 374 valence electrons. The van der Waals surface area contributed by atoms with Gasteiger partial charge in [-0.1, -0.05) is 147 Å². The largest absolute Gasteiger partial charge is 0.462 e. The van der Waals surface area contributed by atoms with Gasteiger partial charge in [0, 0.05) is 12.8 Å². The quantitative estimate of drug-likeness (QED) is 0.0203. The number of aliphatic hydroxyl groups excluding tert-OH is 7. The maximum Gasteiger partial charge on any atom is 0.306 e. The zero-order valence-corrected chi connectivity index (χ0v) is 39.3. The van der Waals surface area contributed by atoms with Crippen molar-refractivity contribution >= 4 is 11.9 Å². The molecule has 0 amide bonds. The summed E-state index contributed by atoms with van der Waals surface area (Å²) in [4.78, 5) is 25.7. The van der Waals surface area contributed by atoms with E-state index in [1.165, 1.54) is 77.0 Å². The third-order valence-corrected chi connectivity index (χ3v) is 11.9. The van der Waals surface area contributed by atoms with Gasteiger partial charge in [-0.3, -0.25) is 9.59 Å². The Labute approximate surface area is 383 Å². The van der Waals surface area contributed by atoms with Gasteiger partial charge in [-0.25, -0.2) is 0 Å². The minimum absolute atomic E-state index is 0.166. The molecule has 0 aromatic heterocycles. The number of allylic oxidation sites excluding steroid dienone is 4. The van der Waals surface area contributed by atoms with Crippen molar-refractivity contribution in [1.29, 1.82) is 0 Å². The van der Waals surface area contributed by atoms with Crippen LogP contribution in [0, 0.1) is 0 Å². The summed E-state index contributed by atoms with van der Waals surface area (Å²) in [6.45, 7) is 2.55. The van der Waals surface area contributed by atoms with E-state index >= 15 is 0 Å². The monoisotopic (exact) mass is 917 g/mol. The highest BCUT2D eigenvalue weighted by Gasteiger charge is 2.47. The lowest BCUT2D eigenvalue weighted by Crippen LogP contribution is -2.61. The van der Waals surface area contributed by atoms with E-state index in [4.69, 9.17) is 28.4 Å². The Kier molecular flexibility index (Phi) is 33.6. The van der Waals surface area contributed by atoms with Crippen molar-refractivity contribution < 1.29 is 73.8 Å². The summed E-state index contributed by atoms with van der Waals surface area (Å²) in [6, 6.07) is 0. The second-order valence-corrected chi connectivity index (χ2v) is 17.6. The lowest BCUT2D eigenvalue weighted by atomic mass is 9.98. The van der Waals surface area contributed by atoms with Crippen LogP contribution < -0.4 is 0 Å². The molecule has 0 spiro atoms. The third kappa shape index (κ3) is 25.2. The lowest BCUT2D eigenvalue weighted by molar-refractivity contribution is -0.332. The molecule has 2 aliphatic rings. The van der Waals surface area contributed by atoms with Gasteiger partial charge in [-0.05, 0) is 44.9 Å². The average molecular weight is 917 g/mol. The molecule has 0 aliphatic carbocycles. The second-order valence-electron chi connectivity index (χ2n) is 17.6. The Bertz CT molecular complexity index is 1220. The maximum absolute atomic E-state index is 13.0. The Morgan fingerprint density at radius 2 is 0.938 bits per heavy atom. The van der Waals surface area contributed by atoms with Crippen molar-refractivity contribution in [2.24, 2.45) is 0 Å². The molecule has 15 nitrogen and oxygen atoms in total. The molecule has 0 aromatic carbocycles. The van der Waals surface area contributed by atoms with E-state index in [-0.39, 0.29) is 26.1 Å². The van der Waals surface area contributed by atoms with E-state index in [1.54, 1.807) is 0 Å². The van der Waals surface area contributed by atoms with Crippen molar-refractivity contribution in [1.82, 2.24) is 0 Å². The summed E-state index contributed by atoms with van der Waals surface area (Å²) in [6.07, 6.45) is 19.2. The normalized spacial score (nSPS) is 26.8. The van der Waals surface area contributed by atoms with E-state index in [1.807, 2.05) is 0 Å². The molecule has 11 atom stereocenters. The average Bonchev–Trinajstić information content (AvgIpc) is 3.29. The SMILES string of the molecule is CCCCC/C=C/C/C=C/CCCCCCCC(=O)OC[C@H](CO[C@@H]1O[C@H](CO[C@@H]2O[C@H](CO)[C@H](O)C(O)C2O)[C@H](O)C(O)C1O)OC(=O)CCCCCCCCCCCCCCC. The van der Waals surface area contributed by atoms with Crippen LogP contribution in [0.5, 0.6) is 0 Å². The summed E-state index contributed by atoms with van der Waals surface area (Å²) >= 11 is 0. The highest BCUT2D eigenvalue weighted by molar-refractivity contribution is 5.70. The first kappa shape index (κ1) is 58.1. The molecular weight excluding hydrogens is 829 g/mol. The fourth-order valence-corrected chi connectivity index (χ4v) is 7.78. The highest BCUT2D eigenvalue weighted by Crippen LogP contribution is 2.26. The van der Waals surface area contributed by atoms with Gasteiger partial charge in [0.05, 0.1) is 19.8 Å². The standard InChI is InChI=1S/C49H88O15/c1-3-5-7-9-11-13-15-17-18-20-21-23-25-27-29-31-40(51)59-34-37(62-41(52)32-30-28-26-24-22-19-16-14-12-10-8-6-4-2)35-60-48-47(58)45(56)43(54)39(64-48)36-61-49-46(57)44(55)42(53)38(33-50)63-49/h11,13,17-18,37-39,42-50,53-58H,3-10,12,14-16,19-36H2,1-2H3/b13-11+,18-17+/t37-,38-,39-,42+,43+,44?,45?,46?,47?,48-,49-/m1/s1. The summed E-state index contributed by atoms with van der Waals surface area (Å²) in [5.41, 5.74) is 0. The van der Waals surface area contributed by atoms with Gasteiger partial charge in [0.25, 0.3) is 0 Å². The fourth-order valence-electron chi connectivity index (χ4n) is 7.78. The number of rotatable bonds is 38. The van der Waals surface area contributed by atoms with E-state index < -0.39 is 92.7 Å². The zero-order chi connectivity index (χ0) is 46.8. The number of ether oxygens (including phenoxy) is 6. The van der Waals surface area contributed by atoms with Crippen LogP contribution in [0.3, 0.4) is 0 Å². The maximum atomic E-state index is 13.0. The van der Waals surface area contributed by atoms with Crippen LogP contribution in [0.15, 0.2) is 24.3 Å². The topological polar surface area (TPSA) is 231 Å². The number of hydrogen-bond donors (Lipinski definition) is 7. The minimum atomic E-state index is -1.76. The zero-order valence-electron chi connectivity index (χ0n) is 39.3. The molecule has 64 heavy (non-hydrogen) atoms. The van der Waals surface area contributed by atoms with Gasteiger partial charge in [0.2, 0.25) is 0 Å². The Balaban J connectivity index is 1.83. The van der Waals surface area contributed by atoms with E-state index in [2.05, 4.69) is 38.2 Å². The van der Waals surface area contributed by atoms with Gasteiger partial charge in [0.15, 0.2) is 18.7 Å². The number of unbranched alkanes of at least 4 members (excludes halogenated alkanes) is 20. The molecule has 15 heteroatoms. The molecule has 2 saturated heterocycles. The summed E-state index contributed by atoms with van der Waals surface area (Å²) < 4.78 is 33.5. The predicted molar refractivity (Wildman–Crippen MR) is 243 cm³/mol. The molecule has 0 bridgehead atoms. The van der Waals surface area contributed by atoms with Crippen molar-refractivity contribution in [2.75, 3.05) is 26.4 Å². The van der Waals surface area contributed by atoms with Crippen LogP contribution in [0.1, 0.15) is 181 Å². The Hall–Kier alpha value is -2.02. The molecule has 2 heterocycles. The van der Waals surface area contributed by atoms with E-state index in [9.17, 15) is 45.3 Å². The molecule has 0 saturated carbocycles. The Morgan fingerprint density at radius 3 is 1.48 bits per heavy atom. The first-order valence-electron chi connectivity index (χ1n) is 24.9. The minimum Gasteiger partial charge on any atom is -0.462 e. The summed E-state index contributed by atoms with van der Waals surface area (Å²) in [5, 5.41) is 72.0. The van der Waals surface area contributed by atoms with Crippen LogP contribution in [-0.4, -0.2) is 142 Å². The highest BCUT2D eigenvalue weighted by atomic mass is 16.7. The first-order chi connectivity index (χ1) is 31.0. The predicted octanol–water partition coefficient (Wildman–Crippen LogP) is 6.38. The summed E-state index contributed by atoms with van der Waals surface area (Å²) in [5.74, 6) is -0.936. The molecule has 2 fully saturated rings. The lowest BCUT2D eigenvalue weighted by Gasteiger charge is -2.42. The molecule has 2 aliphatic heterocycles. The molecule has 4 unspecified atom stereocenters. The van der Waals surface area contributed by atoms with Crippen LogP contribution in [-0.2, 0) is 38.0 Å². The molecular formula is C49H88O15. The van der Waals surface area contributed by atoms with E-state index in [0.717, 1.165) is 64.2 Å². The van der Waals surface area contributed by atoms with Gasteiger partial charge < -0.3 is 64.2 Å². The van der Waals surface area contributed by atoms with Crippen molar-refractivity contribution in [3.8, 4) is 0 Å². The Morgan fingerprint density at radius 1 is 0.500 bits per heavy atom. The number of esters is 2. The second kappa shape index (κ2) is 37.0. The third-order valence-electron chi connectivity index (χ3n) is 11.9. The van der Waals surface area contributed by atoms with Crippen LogP contribution in [0.4, 0.5) is 0 Å². The molecule has 0 radical (unpaired) electrons. The number of hydrogen-bond acceptors (Lipinski definition) is 15. The fraction of sp³-hybridized carbons (Fsp3) is 0.878. The van der Waals surface area contributed by atoms with Gasteiger partial charge in [-0.15, -0.1) is 0 Å². The number of aliphatic hydroxyl groups is 7. The number of carbonyl (C=O) groups is 2. The summed E-state index contributed by atoms with van der Waals surface area (Å²) in [7, 11) is 0. The van der Waals surface area contributed by atoms with Gasteiger partial charge >= 0.3 is 11.9 Å². The van der Waals surface area contributed by atoms with Crippen LogP contribution in [0.2, 0.25) is 0 Å². The smallest absolute Gasteiger partial charge is 0.306 e. The van der Waals surface area contributed by atoms with Crippen LogP contribution >= 0.6 is 0 Å².